The van der Waals surface area contributed by atoms with E-state index in [1.54, 1.807) is 11.3 Å². The molecule has 0 atom stereocenters. The fourth-order valence-corrected chi connectivity index (χ4v) is 4.76. The molecule has 28 heavy (non-hydrogen) atoms. The number of aryl methyl sites for hydroxylation is 1. The molecule has 0 saturated heterocycles. The fourth-order valence-electron chi connectivity index (χ4n) is 2.62. The summed E-state index contributed by atoms with van der Waals surface area (Å²) in [5.41, 5.74) is 0.971. The number of fused-ring (bicyclic) bond motifs is 1. The van der Waals surface area contributed by atoms with Gasteiger partial charge in [-0.3, -0.25) is 4.79 Å². The molecule has 0 saturated carbocycles. The first-order chi connectivity index (χ1) is 13.4. The van der Waals surface area contributed by atoms with Crippen LogP contribution >= 0.6 is 11.3 Å². The number of hydrogen-bond donors (Lipinski definition) is 1. The third-order valence-corrected chi connectivity index (χ3v) is 7.03. The maximum absolute atomic E-state index is 13.0. The number of benzene rings is 2. The van der Waals surface area contributed by atoms with Crippen LogP contribution in [-0.2, 0) is 21.2 Å². The molecule has 0 radical (unpaired) electrons. The summed E-state index contributed by atoms with van der Waals surface area (Å²) in [5, 5.41) is 3.73. The second-order valence-electron chi connectivity index (χ2n) is 6.24. The van der Waals surface area contributed by atoms with Crippen LogP contribution in [0.2, 0.25) is 0 Å². The number of likely N-dealkylation sites (N-methyl/N-ethyl adjacent to an activating group) is 1. The molecule has 0 aliphatic carbocycles. The molecule has 0 aliphatic heterocycles. The highest BCUT2D eigenvalue weighted by molar-refractivity contribution is 7.89. The van der Waals surface area contributed by atoms with E-state index in [2.05, 4.69) is 10.3 Å². The first kappa shape index (κ1) is 20.4. The SMILES string of the molecule is CN(CC(=O)NCCCc1nc2ccccc2s1)S(=O)(=O)c1ccc(F)cc1. The first-order valence-corrected chi connectivity index (χ1v) is 10.9. The van der Waals surface area contributed by atoms with E-state index in [0.29, 0.717) is 13.0 Å². The fraction of sp³-hybridized carbons (Fsp3) is 0.263. The number of aromatic nitrogens is 1. The number of rotatable bonds is 8. The lowest BCUT2D eigenvalue weighted by molar-refractivity contribution is -0.121. The summed E-state index contributed by atoms with van der Waals surface area (Å²) in [4.78, 5) is 16.5. The minimum absolute atomic E-state index is 0.0555. The molecule has 1 N–H and O–H groups in total. The van der Waals surface area contributed by atoms with Gasteiger partial charge in [-0.05, 0) is 42.8 Å². The molecule has 0 spiro atoms. The summed E-state index contributed by atoms with van der Waals surface area (Å²) < 4.78 is 39.8. The highest BCUT2D eigenvalue weighted by Gasteiger charge is 2.22. The maximum Gasteiger partial charge on any atom is 0.243 e. The van der Waals surface area contributed by atoms with Crippen molar-refractivity contribution in [3.05, 3.63) is 59.4 Å². The van der Waals surface area contributed by atoms with Crippen molar-refractivity contribution < 1.29 is 17.6 Å². The van der Waals surface area contributed by atoms with Gasteiger partial charge in [-0.15, -0.1) is 11.3 Å². The Balaban J connectivity index is 1.46. The van der Waals surface area contributed by atoms with Gasteiger partial charge >= 0.3 is 0 Å². The van der Waals surface area contributed by atoms with Crippen LogP contribution in [-0.4, -0.2) is 43.8 Å². The Bertz CT molecular complexity index is 1030. The largest absolute Gasteiger partial charge is 0.355 e. The standard InChI is InChI=1S/C19H20FN3O3S2/c1-23(28(25,26)15-10-8-14(20)9-11-15)13-18(24)21-12-4-7-19-22-16-5-2-3-6-17(16)27-19/h2-3,5-6,8-11H,4,7,12-13H2,1H3,(H,21,24). The number of thiazole rings is 1. The molecule has 2 aromatic carbocycles. The summed E-state index contributed by atoms with van der Waals surface area (Å²) in [6.45, 7) is 0.125. The molecule has 1 amide bonds. The van der Waals surface area contributed by atoms with E-state index in [-0.39, 0.29) is 11.4 Å². The minimum atomic E-state index is -3.84. The van der Waals surface area contributed by atoms with Crippen molar-refractivity contribution in [1.82, 2.24) is 14.6 Å². The van der Waals surface area contributed by atoms with Crippen LogP contribution in [0, 0.1) is 5.82 Å². The zero-order valence-electron chi connectivity index (χ0n) is 15.3. The Hall–Kier alpha value is -2.36. The van der Waals surface area contributed by atoms with Crippen molar-refractivity contribution in [2.45, 2.75) is 17.7 Å². The summed E-state index contributed by atoms with van der Waals surface area (Å²) in [6.07, 6.45) is 1.45. The lowest BCUT2D eigenvalue weighted by atomic mass is 10.3. The van der Waals surface area contributed by atoms with Crippen LogP contribution in [0.5, 0.6) is 0 Å². The average Bonchev–Trinajstić information content (AvgIpc) is 3.08. The molecule has 0 fully saturated rings. The quantitative estimate of drug-likeness (QED) is 0.567. The number of hydrogen-bond acceptors (Lipinski definition) is 5. The van der Waals surface area contributed by atoms with Crippen LogP contribution in [0.25, 0.3) is 10.2 Å². The van der Waals surface area contributed by atoms with Crippen molar-refractivity contribution in [2.24, 2.45) is 0 Å². The van der Waals surface area contributed by atoms with Gasteiger partial charge in [0.2, 0.25) is 15.9 Å². The van der Waals surface area contributed by atoms with Gasteiger partial charge < -0.3 is 5.32 Å². The number of amides is 1. The van der Waals surface area contributed by atoms with Gasteiger partial charge in [0.1, 0.15) is 5.82 Å². The van der Waals surface area contributed by atoms with Crippen LogP contribution in [0.3, 0.4) is 0 Å². The molecule has 1 heterocycles. The summed E-state index contributed by atoms with van der Waals surface area (Å²) in [5.74, 6) is -0.912. The highest BCUT2D eigenvalue weighted by Crippen LogP contribution is 2.22. The van der Waals surface area contributed by atoms with Crippen molar-refractivity contribution >= 4 is 37.5 Å². The van der Waals surface area contributed by atoms with Crippen molar-refractivity contribution in [1.29, 1.82) is 0 Å². The Labute approximate surface area is 167 Å². The predicted molar refractivity (Wildman–Crippen MR) is 107 cm³/mol. The summed E-state index contributed by atoms with van der Waals surface area (Å²) in [6, 6.07) is 12.4. The number of para-hydroxylation sites is 1. The van der Waals surface area contributed by atoms with Crippen LogP contribution in [0.1, 0.15) is 11.4 Å². The second-order valence-corrected chi connectivity index (χ2v) is 9.40. The predicted octanol–water partition coefficient (Wildman–Crippen LogP) is 2.80. The van der Waals surface area contributed by atoms with E-state index in [1.807, 2.05) is 24.3 Å². The Morgan fingerprint density at radius 1 is 1.18 bits per heavy atom. The van der Waals surface area contributed by atoms with E-state index in [0.717, 1.165) is 38.1 Å². The van der Waals surface area contributed by atoms with Gasteiger partial charge in [0.25, 0.3) is 0 Å². The number of nitrogens with one attached hydrogen (secondary N) is 1. The monoisotopic (exact) mass is 421 g/mol. The van der Waals surface area contributed by atoms with Crippen molar-refractivity contribution in [3.8, 4) is 0 Å². The smallest absolute Gasteiger partial charge is 0.243 e. The Kier molecular flexibility index (Phi) is 6.38. The van der Waals surface area contributed by atoms with Crippen molar-refractivity contribution in [2.75, 3.05) is 20.1 Å². The molecule has 3 aromatic rings. The molecule has 0 bridgehead atoms. The van der Waals surface area contributed by atoms with Crippen LogP contribution in [0.15, 0.2) is 53.4 Å². The molecule has 0 aliphatic rings. The zero-order valence-corrected chi connectivity index (χ0v) is 16.9. The number of sulfonamides is 1. The van der Waals surface area contributed by atoms with Crippen molar-refractivity contribution in [3.63, 3.8) is 0 Å². The molecular formula is C19H20FN3O3S2. The molecule has 3 rings (SSSR count). The Morgan fingerprint density at radius 3 is 2.61 bits per heavy atom. The van der Waals surface area contributed by atoms with Gasteiger partial charge in [0.05, 0.1) is 26.7 Å². The third kappa shape index (κ3) is 4.92. The van der Waals surface area contributed by atoms with Gasteiger partial charge in [-0.1, -0.05) is 12.1 Å². The van der Waals surface area contributed by atoms with Crippen LogP contribution in [0.4, 0.5) is 4.39 Å². The lowest BCUT2D eigenvalue weighted by Gasteiger charge is -2.16. The minimum Gasteiger partial charge on any atom is -0.355 e. The van der Waals surface area contributed by atoms with Gasteiger partial charge in [-0.25, -0.2) is 17.8 Å². The normalized spacial score (nSPS) is 11.8. The van der Waals surface area contributed by atoms with E-state index in [1.165, 1.54) is 19.2 Å². The molecule has 6 nitrogen and oxygen atoms in total. The van der Waals surface area contributed by atoms with E-state index >= 15 is 0 Å². The highest BCUT2D eigenvalue weighted by atomic mass is 32.2. The average molecular weight is 422 g/mol. The Morgan fingerprint density at radius 2 is 1.89 bits per heavy atom. The molecule has 148 valence electrons. The zero-order chi connectivity index (χ0) is 20.1. The van der Waals surface area contributed by atoms with Crippen LogP contribution < -0.4 is 5.32 Å². The van der Waals surface area contributed by atoms with E-state index in [4.69, 9.17) is 0 Å². The number of nitrogens with zero attached hydrogens (tertiary/aromatic N) is 2. The maximum atomic E-state index is 13.0. The molecule has 9 heteroatoms. The van der Waals surface area contributed by atoms with Gasteiger partial charge in [-0.2, -0.15) is 4.31 Å². The summed E-state index contributed by atoms with van der Waals surface area (Å²) >= 11 is 1.63. The number of carbonyl (C=O) groups excluding carboxylic acids is 1. The number of carbonyl (C=O) groups is 1. The van der Waals surface area contributed by atoms with Gasteiger partial charge in [0, 0.05) is 20.0 Å². The topological polar surface area (TPSA) is 79.4 Å². The van der Waals surface area contributed by atoms with E-state index in [9.17, 15) is 17.6 Å². The lowest BCUT2D eigenvalue weighted by Crippen LogP contribution is -2.38. The number of halogens is 1. The molecule has 1 aromatic heterocycles. The molecule has 0 unspecified atom stereocenters. The third-order valence-electron chi connectivity index (χ3n) is 4.12. The summed E-state index contributed by atoms with van der Waals surface area (Å²) in [7, 11) is -2.52. The van der Waals surface area contributed by atoms with Gasteiger partial charge in [0.15, 0.2) is 0 Å². The molecular weight excluding hydrogens is 401 g/mol. The second kappa shape index (κ2) is 8.76. The first-order valence-electron chi connectivity index (χ1n) is 8.69. The van der Waals surface area contributed by atoms with E-state index < -0.39 is 21.7 Å².